The maximum atomic E-state index is 12.0. The Morgan fingerprint density at radius 2 is 2.09 bits per heavy atom. The van der Waals surface area contributed by atoms with Crippen LogP contribution in [0.1, 0.15) is 21.5 Å². The van der Waals surface area contributed by atoms with Crippen molar-refractivity contribution in [2.75, 3.05) is 5.32 Å². The molecule has 23 heavy (non-hydrogen) atoms. The highest BCUT2D eigenvalue weighted by Gasteiger charge is 2.08. The third-order valence-corrected chi connectivity index (χ3v) is 3.57. The number of nitrogens with one attached hydrogen (secondary N) is 1. The molecule has 116 valence electrons. The molecule has 0 bridgehead atoms. The second kappa shape index (κ2) is 6.62. The molecule has 0 aliphatic carbocycles. The smallest absolute Gasteiger partial charge is 0.260 e. The molecule has 0 fully saturated rings. The molecule has 0 atom stereocenters. The fourth-order valence-electron chi connectivity index (χ4n) is 2.21. The first-order valence-electron chi connectivity index (χ1n) is 7.09. The van der Waals surface area contributed by atoms with E-state index in [4.69, 9.17) is 11.6 Å². The van der Waals surface area contributed by atoms with Crippen LogP contribution >= 0.6 is 11.6 Å². The molecule has 1 aromatic carbocycles. The second-order valence-corrected chi connectivity index (χ2v) is 5.65. The lowest BCUT2D eigenvalue weighted by Crippen LogP contribution is -2.12. The fourth-order valence-corrected chi connectivity index (χ4v) is 2.43. The Balaban J connectivity index is 1.66. The monoisotopic (exact) mass is 326 g/mol. The van der Waals surface area contributed by atoms with Gasteiger partial charge in [-0.1, -0.05) is 29.8 Å². The predicted molar refractivity (Wildman–Crippen MR) is 89.7 cm³/mol. The number of rotatable bonds is 4. The van der Waals surface area contributed by atoms with Gasteiger partial charge in [-0.2, -0.15) is 5.10 Å². The Labute approximate surface area is 138 Å². The standard InChI is InChI=1S/C17H15ClN4O/c1-22-11-14(10-20-22)17(23)21-16-6-5-13(9-19-16)7-12-3-2-4-15(18)8-12/h2-6,8-11H,7H2,1H3,(H,19,21,23). The zero-order valence-corrected chi connectivity index (χ0v) is 13.3. The van der Waals surface area contributed by atoms with Gasteiger partial charge in [-0.15, -0.1) is 0 Å². The summed E-state index contributed by atoms with van der Waals surface area (Å²) in [5, 5.41) is 7.44. The number of hydrogen-bond acceptors (Lipinski definition) is 3. The number of aromatic nitrogens is 3. The second-order valence-electron chi connectivity index (χ2n) is 5.22. The summed E-state index contributed by atoms with van der Waals surface area (Å²) in [4.78, 5) is 16.3. The zero-order valence-electron chi connectivity index (χ0n) is 12.5. The molecular formula is C17H15ClN4O. The Kier molecular flexibility index (Phi) is 4.39. The first kappa shape index (κ1) is 15.2. The van der Waals surface area contributed by atoms with Crippen molar-refractivity contribution in [1.82, 2.24) is 14.8 Å². The van der Waals surface area contributed by atoms with Crippen molar-refractivity contribution in [3.63, 3.8) is 0 Å². The summed E-state index contributed by atoms with van der Waals surface area (Å²) in [5.74, 6) is 0.280. The highest BCUT2D eigenvalue weighted by atomic mass is 35.5. The van der Waals surface area contributed by atoms with Gasteiger partial charge in [0.15, 0.2) is 0 Å². The molecule has 0 radical (unpaired) electrons. The van der Waals surface area contributed by atoms with Gasteiger partial charge < -0.3 is 5.32 Å². The van der Waals surface area contributed by atoms with E-state index in [0.717, 1.165) is 22.6 Å². The van der Waals surface area contributed by atoms with E-state index >= 15 is 0 Å². The summed E-state index contributed by atoms with van der Waals surface area (Å²) in [7, 11) is 1.76. The van der Waals surface area contributed by atoms with Gasteiger partial charge in [0.1, 0.15) is 5.82 Å². The maximum Gasteiger partial charge on any atom is 0.260 e. The van der Waals surface area contributed by atoms with Crippen molar-refractivity contribution in [3.8, 4) is 0 Å². The Morgan fingerprint density at radius 3 is 2.74 bits per heavy atom. The van der Waals surface area contributed by atoms with Crippen LogP contribution in [0.15, 0.2) is 55.0 Å². The molecule has 2 heterocycles. The molecule has 0 aliphatic rings. The predicted octanol–water partition coefficient (Wildman–Crippen LogP) is 3.31. The van der Waals surface area contributed by atoms with E-state index in [1.165, 1.54) is 6.20 Å². The number of carbonyl (C=O) groups excluding carboxylic acids is 1. The molecule has 0 saturated carbocycles. The molecule has 0 aliphatic heterocycles. The lowest BCUT2D eigenvalue weighted by atomic mass is 10.1. The van der Waals surface area contributed by atoms with Crippen molar-refractivity contribution in [2.24, 2.45) is 7.05 Å². The summed E-state index contributed by atoms with van der Waals surface area (Å²) >= 11 is 5.98. The van der Waals surface area contributed by atoms with Crippen LogP contribution < -0.4 is 5.32 Å². The van der Waals surface area contributed by atoms with Crippen LogP contribution in [-0.2, 0) is 13.5 Å². The van der Waals surface area contributed by atoms with Crippen LogP contribution in [0.3, 0.4) is 0 Å². The topological polar surface area (TPSA) is 59.8 Å². The van der Waals surface area contributed by atoms with E-state index in [1.54, 1.807) is 30.2 Å². The maximum absolute atomic E-state index is 12.0. The summed E-state index contributed by atoms with van der Waals surface area (Å²) in [6.45, 7) is 0. The van der Waals surface area contributed by atoms with Crippen LogP contribution in [0.25, 0.3) is 0 Å². The largest absolute Gasteiger partial charge is 0.306 e. The summed E-state index contributed by atoms with van der Waals surface area (Å²) in [5.41, 5.74) is 2.66. The first-order valence-corrected chi connectivity index (χ1v) is 7.47. The SMILES string of the molecule is Cn1cc(C(=O)Nc2ccc(Cc3cccc(Cl)c3)cn2)cn1. The number of anilines is 1. The van der Waals surface area contributed by atoms with Gasteiger partial charge in [0.05, 0.1) is 11.8 Å². The molecule has 1 N–H and O–H groups in total. The molecule has 5 nitrogen and oxygen atoms in total. The third kappa shape index (κ3) is 3.96. The first-order chi connectivity index (χ1) is 11.1. The van der Waals surface area contributed by atoms with E-state index < -0.39 is 0 Å². The van der Waals surface area contributed by atoms with Gasteiger partial charge in [-0.3, -0.25) is 9.48 Å². The van der Waals surface area contributed by atoms with Gasteiger partial charge in [0.25, 0.3) is 5.91 Å². The van der Waals surface area contributed by atoms with Crippen molar-refractivity contribution in [3.05, 3.63) is 76.7 Å². The van der Waals surface area contributed by atoms with Gasteiger partial charge in [-0.25, -0.2) is 4.98 Å². The van der Waals surface area contributed by atoms with E-state index in [1.807, 2.05) is 30.3 Å². The number of carbonyl (C=O) groups is 1. The van der Waals surface area contributed by atoms with E-state index in [-0.39, 0.29) is 5.91 Å². The van der Waals surface area contributed by atoms with Crippen LogP contribution in [-0.4, -0.2) is 20.7 Å². The summed E-state index contributed by atoms with van der Waals surface area (Å²) < 4.78 is 1.58. The lowest BCUT2D eigenvalue weighted by molar-refractivity contribution is 0.102. The molecule has 6 heteroatoms. The molecular weight excluding hydrogens is 312 g/mol. The van der Waals surface area contributed by atoms with Crippen molar-refractivity contribution < 1.29 is 4.79 Å². The highest BCUT2D eigenvalue weighted by Crippen LogP contribution is 2.15. The normalized spacial score (nSPS) is 10.5. The number of amides is 1. The fraction of sp³-hybridized carbons (Fsp3) is 0.118. The van der Waals surface area contributed by atoms with Gasteiger partial charge in [-0.05, 0) is 35.7 Å². The molecule has 0 spiro atoms. The van der Waals surface area contributed by atoms with Crippen LogP contribution in [0, 0.1) is 0 Å². The third-order valence-electron chi connectivity index (χ3n) is 3.33. The molecule has 3 rings (SSSR count). The zero-order chi connectivity index (χ0) is 16.2. The minimum Gasteiger partial charge on any atom is -0.306 e. The molecule has 0 saturated heterocycles. The van der Waals surface area contributed by atoms with Gasteiger partial charge in [0, 0.05) is 24.5 Å². The lowest BCUT2D eigenvalue weighted by Gasteiger charge is -2.05. The van der Waals surface area contributed by atoms with Crippen LogP contribution in [0.5, 0.6) is 0 Å². The van der Waals surface area contributed by atoms with E-state index in [9.17, 15) is 4.79 Å². The number of hydrogen-bond donors (Lipinski definition) is 1. The Bertz CT molecular complexity index is 827. The molecule has 3 aromatic rings. The molecule has 0 unspecified atom stereocenters. The number of pyridine rings is 1. The Hall–Kier alpha value is -2.66. The average Bonchev–Trinajstić information content (AvgIpc) is 2.96. The van der Waals surface area contributed by atoms with Crippen molar-refractivity contribution in [2.45, 2.75) is 6.42 Å². The van der Waals surface area contributed by atoms with E-state index in [0.29, 0.717) is 11.4 Å². The average molecular weight is 327 g/mol. The van der Waals surface area contributed by atoms with Crippen LogP contribution in [0.2, 0.25) is 5.02 Å². The quantitative estimate of drug-likeness (QED) is 0.800. The highest BCUT2D eigenvalue weighted by molar-refractivity contribution is 6.30. The Morgan fingerprint density at radius 1 is 1.22 bits per heavy atom. The van der Waals surface area contributed by atoms with Crippen molar-refractivity contribution in [1.29, 1.82) is 0 Å². The minimum absolute atomic E-state index is 0.229. The van der Waals surface area contributed by atoms with Crippen molar-refractivity contribution >= 4 is 23.3 Å². The molecule has 2 aromatic heterocycles. The van der Waals surface area contributed by atoms with Gasteiger partial charge >= 0.3 is 0 Å². The summed E-state index contributed by atoms with van der Waals surface area (Å²) in [6, 6.07) is 11.4. The molecule has 1 amide bonds. The van der Waals surface area contributed by atoms with Crippen LogP contribution in [0.4, 0.5) is 5.82 Å². The van der Waals surface area contributed by atoms with E-state index in [2.05, 4.69) is 15.4 Å². The number of halogens is 1. The van der Waals surface area contributed by atoms with Gasteiger partial charge in [0.2, 0.25) is 0 Å². The number of nitrogens with zero attached hydrogens (tertiary/aromatic N) is 3. The number of aryl methyl sites for hydroxylation is 1. The summed E-state index contributed by atoms with van der Waals surface area (Å²) in [6.07, 6.45) is 5.66. The minimum atomic E-state index is -0.229. The number of benzene rings is 1.